The van der Waals surface area contributed by atoms with Gasteiger partial charge in [0, 0.05) is 28.9 Å². The van der Waals surface area contributed by atoms with Gasteiger partial charge in [-0.1, -0.05) is 36.4 Å². The number of nitrogens with zero attached hydrogens (tertiary/aromatic N) is 3. The summed E-state index contributed by atoms with van der Waals surface area (Å²) in [6.07, 6.45) is -4.66. The average Bonchev–Trinajstić information content (AvgIpc) is 3.50. The van der Waals surface area contributed by atoms with Crippen molar-refractivity contribution in [1.82, 2.24) is 15.3 Å². The Morgan fingerprint density at radius 2 is 1.79 bits per heavy atom. The maximum absolute atomic E-state index is 13.9. The molecule has 2 aliphatic heterocycles. The summed E-state index contributed by atoms with van der Waals surface area (Å²) in [5.41, 5.74) is 10.5. The number of fused-ring (bicyclic) bond motifs is 2. The van der Waals surface area contributed by atoms with Gasteiger partial charge in [-0.15, -0.1) is 5.48 Å². The molecule has 0 spiro atoms. The molecule has 3 N–H and O–H groups in total. The van der Waals surface area contributed by atoms with Crippen LogP contribution in [0.2, 0.25) is 0 Å². The number of hydrogen-bond acceptors (Lipinski definition) is 6. The van der Waals surface area contributed by atoms with Crippen LogP contribution >= 0.6 is 0 Å². The maximum atomic E-state index is 13.9. The van der Waals surface area contributed by atoms with E-state index in [0.717, 1.165) is 22.1 Å². The lowest BCUT2D eigenvalue weighted by atomic mass is 9.99. The van der Waals surface area contributed by atoms with Crippen molar-refractivity contribution in [2.45, 2.75) is 18.8 Å². The minimum Gasteiger partial charge on any atom is -0.406 e. The van der Waals surface area contributed by atoms with E-state index in [4.69, 9.17) is 10.6 Å². The van der Waals surface area contributed by atoms with Crippen molar-refractivity contribution in [2.24, 2.45) is 5.73 Å². The number of amides is 1. The molecule has 1 atom stereocenters. The first-order chi connectivity index (χ1) is 18.3. The molecule has 192 valence electrons. The molecule has 0 bridgehead atoms. The SMILES string of the molecule is NC1NOc2ccc(-n3nc(C(F)(F)F)c4c3C(=O)N(c3ccc(-c5ccccc5C=O)cc3)CC4)cc21. The molecule has 0 aliphatic carbocycles. The van der Waals surface area contributed by atoms with Crippen molar-refractivity contribution in [1.29, 1.82) is 0 Å². The van der Waals surface area contributed by atoms with Crippen LogP contribution in [0.4, 0.5) is 18.9 Å². The number of hydrogen-bond donors (Lipinski definition) is 2. The fourth-order valence-electron chi connectivity index (χ4n) is 4.90. The number of aromatic nitrogens is 2. The van der Waals surface area contributed by atoms with Crippen molar-refractivity contribution < 1.29 is 27.6 Å². The summed E-state index contributed by atoms with van der Waals surface area (Å²) in [4.78, 5) is 31.8. The van der Waals surface area contributed by atoms with Crippen molar-refractivity contribution in [3.05, 3.63) is 94.8 Å². The highest BCUT2D eigenvalue weighted by atomic mass is 19.4. The summed E-state index contributed by atoms with van der Waals surface area (Å²) in [6, 6.07) is 18.7. The Labute approximate surface area is 214 Å². The molecule has 6 rings (SSSR count). The number of carbonyl (C=O) groups excluding carboxylic acids is 2. The van der Waals surface area contributed by atoms with E-state index in [1.807, 2.05) is 12.1 Å². The molecule has 8 nitrogen and oxygen atoms in total. The van der Waals surface area contributed by atoms with Gasteiger partial charge in [-0.05, 0) is 47.9 Å². The monoisotopic (exact) mass is 519 g/mol. The number of nitrogens with two attached hydrogens (primary N) is 1. The number of benzene rings is 3. The standard InChI is InChI=1S/C27H20F3N5O3/c28-27(29,30)24-20-11-12-34(17-7-5-15(6-8-17)19-4-2-1-3-16(19)14-36)26(37)23(20)35(32-24)18-9-10-22-21(13-18)25(31)33-38-22/h1-10,13-14,25,33H,11-12,31H2. The molecule has 0 radical (unpaired) electrons. The van der Waals surface area contributed by atoms with Gasteiger partial charge in [0.1, 0.15) is 11.9 Å². The highest BCUT2D eigenvalue weighted by molar-refractivity contribution is 6.07. The molecule has 3 aromatic carbocycles. The van der Waals surface area contributed by atoms with Gasteiger partial charge >= 0.3 is 6.18 Å². The zero-order valence-electron chi connectivity index (χ0n) is 19.7. The van der Waals surface area contributed by atoms with Gasteiger partial charge in [0.05, 0.1) is 5.69 Å². The van der Waals surface area contributed by atoms with Crippen LogP contribution in [-0.4, -0.2) is 28.5 Å². The average molecular weight is 519 g/mol. The quantitative estimate of drug-likeness (QED) is 0.387. The lowest BCUT2D eigenvalue weighted by Crippen LogP contribution is -2.39. The van der Waals surface area contributed by atoms with Crippen LogP contribution in [-0.2, 0) is 12.6 Å². The number of nitrogens with one attached hydrogen (secondary N) is 1. The molecule has 0 saturated heterocycles. The van der Waals surface area contributed by atoms with Gasteiger partial charge in [-0.3, -0.25) is 9.59 Å². The predicted molar refractivity (Wildman–Crippen MR) is 132 cm³/mol. The number of rotatable bonds is 4. The number of carbonyl (C=O) groups is 2. The van der Waals surface area contributed by atoms with Crippen molar-refractivity contribution >= 4 is 17.9 Å². The van der Waals surface area contributed by atoms with Crippen molar-refractivity contribution in [2.75, 3.05) is 11.4 Å². The van der Waals surface area contributed by atoms with E-state index in [1.54, 1.807) is 48.5 Å². The van der Waals surface area contributed by atoms with Crippen molar-refractivity contribution in [3.63, 3.8) is 0 Å². The Morgan fingerprint density at radius 3 is 2.53 bits per heavy atom. The van der Waals surface area contributed by atoms with Crippen LogP contribution in [0.1, 0.15) is 43.8 Å². The van der Waals surface area contributed by atoms with Crippen LogP contribution in [0, 0.1) is 0 Å². The zero-order chi connectivity index (χ0) is 26.6. The van der Waals surface area contributed by atoms with E-state index in [0.29, 0.717) is 22.6 Å². The summed E-state index contributed by atoms with van der Waals surface area (Å²) in [6.45, 7) is 0.0533. The zero-order valence-corrected chi connectivity index (χ0v) is 19.7. The third kappa shape index (κ3) is 3.83. The molecule has 1 amide bonds. The van der Waals surface area contributed by atoms with Gasteiger partial charge in [0.2, 0.25) is 0 Å². The topological polar surface area (TPSA) is 102 Å². The van der Waals surface area contributed by atoms with Crippen molar-refractivity contribution in [3.8, 4) is 22.6 Å². The normalized spacial score (nSPS) is 16.7. The van der Waals surface area contributed by atoms with E-state index in [2.05, 4.69) is 10.6 Å². The van der Waals surface area contributed by atoms with E-state index >= 15 is 0 Å². The first kappa shape index (κ1) is 23.9. The van der Waals surface area contributed by atoms with Gasteiger partial charge in [-0.25, -0.2) is 4.68 Å². The Hall–Kier alpha value is -4.48. The third-order valence-corrected chi connectivity index (χ3v) is 6.73. The molecule has 11 heteroatoms. The van der Waals surface area contributed by atoms with Crippen LogP contribution in [0.5, 0.6) is 5.75 Å². The molecule has 0 saturated carbocycles. The van der Waals surface area contributed by atoms with Gasteiger partial charge < -0.3 is 15.5 Å². The molecule has 2 aliphatic rings. The van der Waals surface area contributed by atoms with Crippen LogP contribution in [0.15, 0.2) is 66.7 Å². The van der Waals surface area contributed by atoms with Crippen LogP contribution in [0.25, 0.3) is 16.8 Å². The fraction of sp³-hybridized carbons (Fsp3) is 0.148. The van der Waals surface area contributed by atoms with E-state index in [-0.39, 0.29) is 29.9 Å². The molecular weight excluding hydrogens is 499 g/mol. The molecule has 0 fully saturated rings. The number of anilines is 1. The first-order valence-corrected chi connectivity index (χ1v) is 11.7. The maximum Gasteiger partial charge on any atom is 0.435 e. The van der Waals surface area contributed by atoms with E-state index in [1.165, 1.54) is 11.0 Å². The minimum absolute atomic E-state index is 0.0270. The highest BCUT2D eigenvalue weighted by Gasteiger charge is 2.43. The first-order valence-electron chi connectivity index (χ1n) is 11.7. The molecule has 1 unspecified atom stereocenters. The van der Waals surface area contributed by atoms with Gasteiger partial charge in [-0.2, -0.15) is 18.3 Å². The summed E-state index contributed by atoms with van der Waals surface area (Å²) in [5, 5.41) is 3.84. The second-order valence-corrected chi connectivity index (χ2v) is 8.96. The summed E-state index contributed by atoms with van der Waals surface area (Å²) < 4.78 is 42.8. The Morgan fingerprint density at radius 1 is 1.05 bits per heavy atom. The molecule has 1 aromatic heterocycles. The van der Waals surface area contributed by atoms with E-state index < -0.39 is 23.9 Å². The summed E-state index contributed by atoms with van der Waals surface area (Å²) in [7, 11) is 0. The lowest BCUT2D eigenvalue weighted by Gasteiger charge is -2.28. The Bertz CT molecular complexity index is 1580. The predicted octanol–water partition coefficient (Wildman–Crippen LogP) is 4.43. The Balaban J connectivity index is 1.40. The lowest BCUT2D eigenvalue weighted by molar-refractivity contribution is -0.141. The number of aldehydes is 1. The molecule has 3 heterocycles. The van der Waals surface area contributed by atoms with E-state index in [9.17, 15) is 22.8 Å². The number of halogens is 3. The third-order valence-electron chi connectivity index (χ3n) is 6.73. The second kappa shape index (κ2) is 8.82. The van der Waals surface area contributed by atoms with Crippen LogP contribution in [0.3, 0.4) is 0 Å². The molecule has 38 heavy (non-hydrogen) atoms. The minimum atomic E-state index is -4.73. The number of hydroxylamine groups is 1. The number of alkyl halides is 3. The second-order valence-electron chi connectivity index (χ2n) is 8.96. The molecule has 4 aromatic rings. The molecular formula is C27H20F3N5O3. The summed E-state index contributed by atoms with van der Waals surface area (Å²) in [5.74, 6) is -0.156. The van der Waals surface area contributed by atoms with Gasteiger partial charge in [0.15, 0.2) is 17.7 Å². The van der Waals surface area contributed by atoms with Crippen LogP contribution < -0.4 is 21.0 Å². The highest BCUT2D eigenvalue weighted by Crippen LogP contribution is 2.38. The Kier molecular flexibility index (Phi) is 5.55. The smallest absolute Gasteiger partial charge is 0.406 e. The fourth-order valence-corrected chi connectivity index (χ4v) is 4.90. The van der Waals surface area contributed by atoms with Gasteiger partial charge in [0.25, 0.3) is 5.91 Å². The largest absolute Gasteiger partial charge is 0.435 e. The summed E-state index contributed by atoms with van der Waals surface area (Å²) >= 11 is 0.